The third kappa shape index (κ3) is 4.46. The van der Waals surface area contributed by atoms with Crippen molar-refractivity contribution < 1.29 is 18.7 Å². The molecule has 0 bridgehead atoms. The van der Waals surface area contributed by atoms with Gasteiger partial charge in [0.05, 0.1) is 18.9 Å². The fourth-order valence-corrected chi connectivity index (χ4v) is 2.23. The summed E-state index contributed by atoms with van der Waals surface area (Å²) in [5.41, 5.74) is 5.71. The van der Waals surface area contributed by atoms with Crippen LogP contribution < -0.4 is 15.6 Å². The monoisotopic (exact) mass is 378 g/mol. The molecule has 2 N–H and O–H groups in total. The molecular formula is C16H15BrN2O4. The standard InChI is InChI=1S/C16H15BrN2O4/c1-10-13(7-8-23-10)16(21)19-18-15(20)6-3-11-9-12(17)4-5-14(11)22-2/h3-9H,1-2H3,(H,18,20)(H,19,21)/b6-3+. The summed E-state index contributed by atoms with van der Waals surface area (Å²) in [4.78, 5) is 23.6. The van der Waals surface area contributed by atoms with E-state index in [0.717, 1.165) is 10.0 Å². The second-order valence-electron chi connectivity index (χ2n) is 4.55. The van der Waals surface area contributed by atoms with Crippen LogP contribution in [0.4, 0.5) is 0 Å². The van der Waals surface area contributed by atoms with E-state index in [2.05, 4.69) is 26.8 Å². The van der Waals surface area contributed by atoms with Gasteiger partial charge in [0, 0.05) is 16.1 Å². The predicted molar refractivity (Wildman–Crippen MR) is 88.8 cm³/mol. The quantitative estimate of drug-likeness (QED) is 0.633. The molecule has 120 valence electrons. The zero-order valence-electron chi connectivity index (χ0n) is 12.6. The molecule has 0 aliphatic heterocycles. The van der Waals surface area contributed by atoms with Crippen LogP contribution in [0.2, 0.25) is 0 Å². The highest BCUT2D eigenvalue weighted by Crippen LogP contribution is 2.23. The molecule has 0 aliphatic carbocycles. The van der Waals surface area contributed by atoms with E-state index in [0.29, 0.717) is 17.1 Å². The first-order valence-corrected chi connectivity index (χ1v) is 7.46. The molecule has 0 saturated carbocycles. The van der Waals surface area contributed by atoms with Gasteiger partial charge >= 0.3 is 0 Å². The number of methoxy groups -OCH3 is 1. The second-order valence-corrected chi connectivity index (χ2v) is 5.47. The topological polar surface area (TPSA) is 80.6 Å². The summed E-state index contributed by atoms with van der Waals surface area (Å²) in [6.07, 6.45) is 4.30. The number of rotatable bonds is 4. The van der Waals surface area contributed by atoms with E-state index in [1.807, 2.05) is 12.1 Å². The zero-order valence-corrected chi connectivity index (χ0v) is 14.1. The fourth-order valence-electron chi connectivity index (χ4n) is 1.85. The molecule has 0 aliphatic rings. The van der Waals surface area contributed by atoms with Crippen LogP contribution in [0.3, 0.4) is 0 Å². The van der Waals surface area contributed by atoms with Crippen LogP contribution >= 0.6 is 15.9 Å². The largest absolute Gasteiger partial charge is 0.496 e. The molecule has 2 rings (SSSR count). The molecular weight excluding hydrogens is 364 g/mol. The van der Waals surface area contributed by atoms with Gasteiger partial charge in [-0.3, -0.25) is 20.4 Å². The number of halogens is 1. The van der Waals surface area contributed by atoms with Gasteiger partial charge in [-0.15, -0.1) is 0 Å². The Kier molecular flexibility index (Phi) is 5.59. The first-order valence-electron chi connectivity index (χ1n) is 6.67. The molecule has 23 heavy (non-hydrogen) atoms. The van der Waals surface area contributed by atoms with Crippen molar-refractivity contribution in [2.45, 2.75) is 6.92 Å². The van der Waals surface area contributed by atoms with Crippen molar-refractivity contribution in [3.63, 3.8) is 0 Å². The Balaban J connectivity index is 1.96. The van der Waals surface area contributed by atoms with E-state index in [9.17, 15) is 9.59 Å². The molecule has 0 radical (unpaired) electrons. The normalized spacial score (nSPS) is 10.6. The maximum Gasteiger partial charge on any atom is 0.273 e. The molecule has 0 atom stereocenters. The lowest BCUT2D eigenvalue weighted by Gasteiger charge is -2.06. The van der Waals surface area contributed by atoms with E-state index >= 15 is 0 Å². The average molecular weight is 379 g/mol. The lowest BCUT2D eigenvalue weighted by Crippen LogP contribution is -2.40. The summed E-state index contributed by atoms with van der Waals surface area (Å²) in [7, 11) is 1.55. The number of carbonyl (C=O) groups is 2. The summed E-state index contributed by atoms with van der Waals surface area (Å²) >= 11 is 3.36. The highest BCUT2D eigenvalue weighted by atomic mass is 79.9. The molecule has 1 heterocycles. The number of hydrazine groups is 1. The Morgan fingerprint density at radius 2 is 2.04 bits per heavy atom. The van der Waals surface area contributed by atoms with Gasteiger partial charge in [0.15, 0.2) is 0 Å². The number of benzene rings is 1. The lowest BCUT2D eigenvalue weighted by atomic mass is 10.2. The second kappa shape index (κ2) is 7.64. The van der Waals surface area contributed by atoms with Gasteiger partial charge in [0.1, 0.15) is 11.5 Å². The number of nitrogens with one attached hydrogen (secondary N) is 2. The first-order chi connectivity index (χ1) is 11.0. The third-order valence-corrected chi connectivity index (χ3v) is 3.50. The number of ether oxygens (including phenoxy) is 1. The van der Waals surface area contributed by atoms with Crippen LogP contribution in [-0.4, -0.2) is 18.9 Å². The molecule has 0 unspecified atom stereocenters. The van der Waals surface area contributed by atoms with E-state index in [1.165, 1.54) is 18.4 Å². The average Bonchev–Trinajstić information content (AvgIpc) is 2.97. The molecule has 7 heteroatoms. The van der Waals surface area contributed by atoms with Crippen LogP contribution in [0.1, 0.15) is 21.7 Å². The SMILES string of the molecule is COc1ccc(Br)cc1/C=C/C(=O)NNC(=O)c1ccoc1C. The minimum absolute atomic E-state index is 0.364. The fraction of sp³-hybridized carbons (Fsp3) is 0.125. The number of amides is 2. The van der Waals surface area contributed by atoms with Crippen LogP contribution in [0.15, 0.2) is 45.5 Å². The number of hydrogen-bond acceptors (Lipinski definition) is 4. The summed E-state index contributed by atoms with van der Waals surface area (Å²) in [6.45, 7) is 1.66. The molecule has 0 fully saturated rings. The highest BCUT2D eigenvalue weighted by Gasteiger charge is 2.11. The van der Waals surface area contributed by atoms with Gasteiger partial charge in [-0.05, 0) is 37.3 Å². The van der Waals surface area contributed by atoms with Gasteiger partial charge in [-0.1, -0.05) is 15.9 Å². The van der Waals surface area contributed by atoms with E-state index in [-0.39, 0.29) is 0 Å². The summed E-state index contributed by atoms with van der Waals surface area (Å²) in [5, 5.41) is 0. The Morgan fingerprint density at radius 3 is 2.70 bits per heavy atom. The van der Waals surface area contributed by atoms with Crippen molar-refractivity contribution in [3.8, 4) is 5.75 Å². The van der Waals surface area contributed by atoms with Crippen LogP contribution in [0, 0.1) is 6.92 Å². The summed E-state index contributed by atoms with van der Waals surface area (Å²) in [5.74, 6) is 0.195. The van der Waals surface area contributed by atoms with Crippen LogP contribution in [0.25, 0.3) is 6.08 Å². The predicted octanol–water partition coefficient (Wildman–Crippen LogP) is 2.83. The molecule has 0 spiro atoms. The Labute approximate surface area is 141 Å². The van der Waals surface area contributed by atoms with Gasteiger partial charge < -0.3 is 9.15 Å². The zero-order chi connectivity index (χ0) is 16.8. The minimum Gasteiger partial charge on any atom is -0.496 e. The van der Waals surface area contributed by atoms with E-state index < -0.39 is 11.8 Å². The van der Waals surface area contributed by atoms with Gasteiger partial charge in [0.2, 0.25) is 0 Å². The Bertz CT molecular complexity index is 752. The lowest BCUT2D eigenvalue weighted by molar-refractivity contribution is -0.117. The van der Waals surface area contributed by atoms with Crippen molar-refractivity contribution in [3.05, 3.63) is 58.0 Å². The third-order valence-electron chi connectivity index (χ3n) is 3.01. The van der Waals surface area contributed by atoms with E-state index in [1.54, 1.807) is 26.2 Å². The van der Waals surface area contributed by atoms with Crippen molar-refractivity contribution in [1.29, 1.82) is 0 Å². The maximum absolute atomic E-state index is 11.8. The van der Waals surface area contributed by atoms with Gasteiger partial charge in [-0.25, -0.2) is 0 Å². The molecule has 0 saturated heterocycles. The van der Waals surface area contributed by atoms with E-state index in [4.69, 9.17) is 9.15 Å². The highest BCUT2D eigenvalue weighted by molar-refractivity contribution is 9.10. The first kappa shape index (κ1) is 16.8. The molecule has 1 aromatic carbocycles. The summed E-state index contributed by atoms with van der Waals surface area (Å²) < 4.78 is 11.1. The number of furan rings is 1. The Hall–Kier alpha value is -2.54. The van der Waals surface area contributed by atoms with Crippen molar-refractivity contribution in [2.75, 3.05) is 7.11 Å². The van der Waals surface area contributed by atoms with Crippen molar-refractivity contribution in [1.82, 2.24) is 10.9 Å². The van der Waals surface area contributed by atoms with Crippen molar-refractivity contribution >= 4 is 33.8 Å². The molecule has 2 aromatic rings. The minimum atomic E-state index is -0.471. The van der Waals surface area contributed by atoms with Crippen LogP contribution in [-0.2, 0) is 4.79 Å². The van der Waals surface area contributed by atoms with Crippen LogP contribution in [0.5, 0.6) is 5.75 Å². The maximum atomic E-state index is 11.8. The molecule has 2 amide bonds. The smallest absolute Gasteiger partial charge is 0.273 e. The van der Waals surface area contributed by atoms with Crippen molar-refractivity contribution in [2.24, 2.45) is 0 Å². The van der Waals surface area contributed by atoms with Gasteiger partial charge in [0.25, 0.3) is 11.8 Å². The summed E-state index contributed by atoms with van der Waals surface area (Å²) in [6, 6.07) is 6.96. The number of carbonyl (C=O) groups excluding carboxylic acids is 2. The molecule has 1 aromatic heterocycles. The number of hydrogen-bond donors (Lipinski definition) is 2. The molecule has 6 nitrogen and oxygen atoms in total. The Morgan fingerprint density at radius 1 is 1.26 bits per heavy atom. The number of aryl methyl sites for hydroxylation is 1. The van der Waals surface area contributed by atoms with Gasteiger partial charge in [-0.2, -0.15) is 0 Å².